The molecular formula is C10H16N2O. The third kappa shape index (κ3) is 2.46. The predicted octanol–water partition coefficient (Wildman–Crippen LogP) is 0.220. The Bertz CT molecular complexity index is 219. The van der Waals surface area contributed by atoms with Crippen molar-refractivity contribution in [2.45, 2.75) is 25.8 Å². The summed E-state index contributed by atoms with van der Waals surface area (Å²) in [4.78, 5) is 13.6. The maximum atomic E-state index is 11.4. The van der Waals surface area contributed by atoms with E-state index < -0.39 is 0 Å². The molecule has 1 heterocycles. The van der Waals surface area contributed by atoms with E-state index >= 15 is 0 Å². The van der Waals surface area contributed by atoms with Gasteiger partial charge in [-0.05, 0) is 6.42 Å². The molecule has 0 saturated carbocycles. The first-order valence-electron chi connectivity index (χ1n) is 4.74. The van der Waals surface area contributed by atoms with Gasteiger partial charge in [-0.1, -0.05) is 6.92 Å². The zero-order valence-electron chi connectivity index (χ0n) is 8.05. The molecule has 0 bridgehead atoms. The summed E-state index contributed by atoms with van der Waals surface area (Å²) in [5.41, 5.74) is 0. The highest BCUT2D eigenvalue weighted by Gasteiger charge is 2.26. The topological polar surface area (TPSA) is 32.3 Å². The Morgan fingerprint density at radius 3 is 3.15 bits per heavy atom. The van der Waals surface area contributed by atoms with E-state index in [1.54, 1.807) is 0 Å². The van der Waals surface area contributed by atoms with Crippen LogP contribution in [0.1, 0.15) is 19.8 Å². The molecule has 1 unspecified atom stereocenters. The Kier molecular flexibility index (Phi) is 3.78. The molecule has 72 valence electrons. The molecule has 0 radical (unpaired) electrons. The van der Waals surface area contributed by atoms with Gasteiger partial charge in [0.25, 0.3) is 0 Å². The van der Waals surface area contributed by atoms with Crippen LogP contribution in [0.5, 0.6) is 0 Å². The van der Waals surface area contributed by atoms with Crippen molar-refractivity contribution in [3.05, 3.63) is 0 Å². The van der Waals surface area contributed by atoms with Crippen LogP contribution in [0.2, 0.25) is 0 Å². The molecule has 0 aromatic rings. The molecule has 3 heteroatoms. The highest BCUT2D eigenvalue weighted by atomic mass is 16.2. The first-order chi connectivity index (χ1) is 6.29. The van der Waals surface area contributed by atoms with Gasteiger partial charge in [-0.25, -0.2) is 0 Å². The molecule has 0 aromatic carbocycles. The van der Waals surface area contributed by atoms with Crippen LogP contribution < -0.4 is 5.32 Å². The summed E-state index contributed by atoms with van der Waals surface area (Å²) in [6, 6.07) is 0.0297. The molecule has 0 spiro atoms. The van der Waals surface area contributed by atoms with Crippen molar-refractivity contribution in [3.63, 3.8) is 0 Å². The van der Waals surface area contributed by atoms with Gasteiger partial charge in [-0.3, -0.25) is 9.69 Å². The van der Waals surface area contributed by atoms with Crippen molar-refractivity contribution in [3.8, 4) is 12.3 Å². The summed E-state index contributed by atoms with van der Waals surface area (Å²) in [7, 11) is 0. The van der Waals surface area contributed by atoms with E-state index in [0.29, 0.717) is 0 Å². The summed E-state index contributed by atoms with van der Waals surface area (Å²) in [6.07, 6.45) is 6.77. The van der Waals surface area contributed by atoms with Crippen LogP contribution in [0.4, 0.5) is 0 Å². The Hall–Kier alpha value is -1.01. The summed E-state index contributed by atoms with van der Waals surface area (Å²) >= 11 is 0. The van der Waals surface area contributed by atoms with Crippen molar-refractivity contribution in [1.29, 1.82) is 0 Å². The Labute approximate surface area is 79.5 Å². The number of nitrogens with one attached hydrogen (secondary N) is 1. The van der Waals surface area contributed by atoms with Crippen LogP contribution in [0.3, 0.4) is 0 Å². The molecular weight excluding hydrogens is 164 g/mol. The lowest BCUT2D eigenvalue weighted by molar-refractivity contribution is -0.129. The minimum Gasteiger partial charge on any atom is -0.353 e. The lowest BCUT2D eigenvalue weighted by Gasteiger charge is -2.33. The van der Waals surface area contributed by atoms with Gasteiger partial charge in [-0.15, -0.1) is 12.3 Å². The fourth-order valence-corrected chi connectivity index (χ4v) is 1.68. The smallest absolute Gasteiger partial charge is 0.237 e. The molecule has 1 amide bonds. The van der Waals surface area contributed by atoms with Crippen LogP contribution in [-0.2, 0) is 4.79 Å². The van der Waals surface area contributed by atoms with Gasteiger partial charge >= 0.3 is 0 Å². The summed E-state index contributed by atoms with van der Waals surface area (Å²) < 4.78 is 0. The minimum absolute atomic E-state index is 0.0297. The van der Waals surface area contributed by atoms with Gasteiger partial charge in [0.05, 0.1) is 6.04 Å². The van der Waals surface area contributed by atoms with Crippen LogP contribution in [0.15, 0.2) is 0 Å². The van der Waals surface area contributed by atoms with E-state index in [0.717, 1.165) is 32.5 Å². The molecule has 1 atom stereocenters. The zero-order chi connectivity index (χ0) is 9.68. The molecule has 3 nitrogen and oxygen atoms in total. The van der Waals surface area contributed by atoms with Gasteiger partial charge in [0.1, 0.15) is 0 Å². The highest BCUT2D eigenvalue weighted by molar-refractivity contribution is 5.82. The number of terminal acetylenes is 1. The number of amides is 1. The van der Waals surface area contributed by atoms with E-state index in [9.17, 15) is 4.79 Å². The zero-order valence-corrected chi connectivity index (χ0v) is 8.05. The maximum Gasteiger partial charge on any atom is 0.237 e. The average molecular weight is 180 g/mol. The number of hydrogen-bond acceptors (Lipinski definition) is 2. The van der Waals surface area contributed by atoms with E-state index in [2.05, 4.69) is 16.1 Å². The second-order valence-corrected chi connectivity index (χ2v) is 3.21. The van der Waals surface area contributed by atoms with Gasteiger partial charge in [0, 0.05) is 26.1 Å². The van der Waals surface area contributed by atoms with Crippen molar-refractivity contribution < 1.29 is 4.79 Å². The molecule has 13 heavy (non-hydrogen) atoms. The quantitative estimate of drug-likeness (QED) is 0.630. The van der Waals surface area contributed by atoms with E-state index in [4.69, 9.17) is 6.42 Å². The number of piperazine rings is 1. The molecule has 0 aromatic heterocycles. The Morgan fingerprint density at radius 2 is 2.54 bits per heavy atom. The van der Waals surface area contributed by atoms with Crippen molar-refractivity contribution in [1.82, 2.24) is 10.2 Å². The van der Waals surface area contributed by atoms with Crippen LogP contribution in [0.25, 0.3) is 0 Å². The molecule has 1 saturated heterocycles. The third-order valence-corrected chi connectivity index (χ3v) is 2.37. The van der Waals surface area contributed by atoms with Crippen molar-refractivity contribution >= 4 is 5.91 Å². The van der Waals surface area contributed by atoms with E-state index in [-0.39, 0.29) is 11.9 Å². The molecule has 1 rings (SSSR count). The third-order valence-electron chi connectivity index (χ3n) is 2.37. The highest BCUT2D eigenvalue weighted by Crippen LogP contribution is 2.08. The number of nitrogens with zero attached hydrogens (tertiary/aromatic N) is 1. The van der Waals surface area contributed by atoms with Gasteiger partial charge in [0.15, 0.2) is 0 Å². The van der Waals surface area contributed by atoms with Crippen LogP contribution in [0, 0.1) is 12.3 Å². The fraction of sp³-hybridized carbons (Fsp3) is 0.700. The fourth-order valence-electron chi connectivity index (χ4n) is 1.68. The standard InChI is InChI=1S/C10H16N2O/c1-3-5-7-12-8-6-11-10(13)9(12)4-2/h1,9H,4-8H2,2H3,(H,11,13). The second kappa shape index (κ2) is 4.88. The molecule has 1 aliphatic heterocycles. The summed E-state index contributed by atoms with van der Waals surface area (Å²) in [6.45, 7) is 4.53. The molecule has 0 aliphatic carbocycles. The molecule has 1 aliphatic rings. The SMILES string of the molecule is C#CCCN1CCNC(=O)C1CC. The van der Waals surface area contributed by atoms with E-state index in [1.165, 1.54) is 0 Å². The van der Waals surface area contributed by atoms with Crippen LogP contribution in [-0.4, -0.2) is 36.5 Å². The van der Waals surface area contributed by atoms with Crippen molar-refractivity contribution in [2.75, 3.05) is 19.6 Å². The Morgan fingerprint density at radius 1 is 1.77 bits per heavy atom. The van der Waals surface area contributed by atoms with Gasteiger partial charge in [-0.2, -0.15) is 0 Å². The summed E-state index contributed by atoms with van der Waals surface area (Å²) in [5, 5.41) is 2.86. The average Bonchev–Trinajstić information content (AvgIpc) is 2.15. The predicted molar refractivity (Wildman–Crippen MR) is 52.1 cm³/mol. The monoisotopic (exact) mass is 180 g/mol. The minimum atomic E-state index is 0.0297. The first kappa shape index (κ1) is 10.1. The first-order valence-corrected chi connectivity index (χ1v) is 4.74. The van der Waals surface area contributed by atoms with Gasteiger partial charge in [0.2, 0.25) is 5.91 Å². The maximum absolute atomic E-state index is 11.4. The number of carbonyl (C=O) groups is 1. The number of rotatable bonds is 3. The van der Waals surface area contributed by atoms with Crippen molar-refractivity contribution in [2.24, 2.45) is 0 Å². The normalized spacial score (nSPS) is 23.7. The number of carbonyl (C=O) groups excluding carboxylic acids is 1. The van der Waals surface area contributed by atoms with Crippen LogP contribution >= 0.6 is 0 Å². The second-order valence-electron chi connectivity index (χ2n) is 3.21. The summed E-state index contributed by atoms with van der Waals surface area (Å²) in [5.74, 6) is 2.75. The van der Waals surface area contributed by atoms with Gasteiger partial charge < -0.3 is 5.32 Å². The van der Waals surface area contributed by atoms with E-state index in [1.807, 2.05) is 6.92 Å². The lowest BCUT2D eigenvalue weighted by Crippen LogP contribution is -2.55. The largest absolute Gasteiger partial charge is 0.353 e. The molecule has 1 N–H and O–H groups in total. The lowest BCUT2D eigenvalue weighted by atomic mass is 10.1. The number of hydrogen-bond donors (Lipinski definition) is 1. The Balaban J connectivity index is 2.50. The molecule has 1 fully saturated rings.